The van der Waals surface area contributed by atoms with Gasteiger partial charge >= 0.3 is 0 Å². The molecular weight excluding hydrogens is 260 g/mol. The van der Waals surface area contributed by atoms with Crippen LogP contribution in [0.3, 0.4) is 0 Å². The molecule has 0 unspecified atom stereocenters. The van der Waals surface area contributed by atoms with Crippen LogP contribution in [0.25, 0.3) is 0 Å². The third-order valence-electron chi connectivity index (χ3n) is 4.10. The smallest absolute Gasteiger partial charge is 0.229 e. The second-order valence-corrected chi connectivity index (χ2v) is 5.59. The number of fused-ring (bicyclic) bond motifs is 3. The van der Waals surface area contributed by atoms with Gasteiger partial charge in [0.2, 0.25) is 5.91 Å². The highest BCUT2D eigenvalue weighted by atomic mass is 35.5. The Morgan fingerprint density at radius 3 is 2.84 bits per heavy atom. The maximum absolute atomic E-state index is 12.5. The van der Waals surface area contributed by atoms with Crippen LogP contribution in [-0.2, 0) is 4.79 Å². The van der Waals surface area contributed by atoms with E-state index in [-0.39, 0.29) is 24.2 Å². The average molecular weight is 281 g/mol. The number of nitrogens with zero attached hydrogens (tertiary/aromatic N) is 1. The van der Waals surface area contributed by atoms with E-state index in [4.69, 9.17) is 0 Å². The minimum absolute atomic E-state index is 0. The van der Waals surface area contributed by atoms with Gasteiger partial charge in [0, 0.05) is 30.1 Å². The third kappa shape index (κ3) is 2.26. The molecule has 19 heavy (non-hydrogen) atoms. The lowest BCUT2D eigenvalue weighted by Crippen LogP contribution is -2.47. The highest BCUT2D eigenvalue weighted by Gasteiger charge is 2.42. The first-order chi connectivity index (χ1) is 8.70. The quantitative estimate of drug-likeness (QED) is 0.857. The fourth-order valence-electron chi connectivity index (χ4n) is 3.23. The van der Waals surface area contributed by atoms with Gasteiger partial charge in [0.15, 0.2) is 0 Å². The molecule has 4 heteroatoms. The van der Waals surface area contributed by atoms with E-state index < -0.39 is 0 Å². The predicted molar refractivity (Wildman–Crippen MR) is 80.0 cm³/mol. The fraction of sp³-hybridized carbons (Fsp3) is 0.533. The number of benzene rings is 1. The lowest BCUT2D eigenvalue weighted by molar-refractivity contribution is -0.121. The summed E-state index contributed by atoms with van der Waals surface area (Å²) in [4.78, 5) is 14.5. The molecule has 2 aliphatic heterocycles. The van der Waals surface area contributed by atoms with Crippen molar-refractivity contribution in [2.24, 2.45) is 5.92 Å². The molecule has 104 valence electrons. The van der Waals surface area contributed by atoms with Crippen LogP contribution in [0.5, 0.6) is 0 Å². The zero-order valence-electron chi connectivity index (χ0n) is 11.4. The van der Waals surface area contributed by atoms with Crippen LogP contribution in [-0.4, -0.2) is 25.0 Å². The molecule has 1 aromatic carbocycles. The molecular formula is C15H21ClN2O. The van der Waals surface area contributed by atoms with Gasteiger partial charge in [0.25, 0.3) is 0 Å². The Bertz CT molecular complexity index is 475. The second kappa shape index (κ2) is 5.51. The number of piperidine rings is 1. The van der Waals surface area contributed by atoms with Crippen molar-refractivity contribution in [2.75, 3.05) is 18.0 Å². The van der Waals surface area contributed by atoms with Gasteiger partial charge in [-0.05, 0) is 24.6 Å². The van der Waals surface area contributed by atoms with Crippen molar-refractivity contribution in [3.63, 3.8) is 0 Å². The van der Waals surface area contributed by atoms with E-state index in [0.717, 1.165) is 25.2 Å². The Balaban J connectivity index is 0.00000133. The van der Waals surface area contributed by atoms with Gasteiger partial charge in [-0.3, -0.25) is 4.79 Å². The van der Waals surface area contributed by atoms with Crippen LogP contribution in [0.1, 0.15) is 31.7 Å². The molecule has 1 N–H and O–H groups in total. The Hall–Kier alpha value is -1.06. The van der Waals surface area contributed by atoms with Crippen LogP contribution < -0.4 is 10.2 Å². The number of carbonyl (C=O) groups excluding carboxylic acids is 1. The molecule has 1 amide bonds. The molecule has 0 spiro atoms. The van der Waals surface area contributed by atoms with E-state index in [0.29, 0.717) is 12.0 Å². The highest BCUT2D eigenvalue weighted by molar-refractivity contribution is 5.97. The zero-order chi connectivity index (χ0) is 12.7. The average Bonchev–Trinajstić information content (AvgIpc) is 2.72. The van der Waals surface area contributed by atoms with Crippen molar-refractivity contribution in [3.05, 3.63) is 29.8 Å². The minimum Gasteiger partial charge on any atom is -0.316 e. The summed E-state index contributed by atoms with van der Waals surface area (Å²) in [6, 6.07) is 8.73. The first-order valence-electron chi connectivity index (χ1n) is 6.83. The summed E-state index contributed by atoms with van der Waals surface area (Å²) in [6.45, 7) is 5.97. The van der Waals surface area contributed by atoms with Crippen LogP contribution in [0.4, 0.5) is 5.69 Å². The van der Waals surface area contributed by atoms with Crippen molar-refractivity contribution in [1.82, 2.24) is 5.32 Å². The molecule has 3 rings (SSSR count). The number of nitrogens with one attached hydrogen (secondary N) is 1. The summed E-state index contributed by atoms with van der Waals surface area (Å²) < 4.78 is 0. The first-order valence-corrected chi connectivity index (χ1v) is 6.83. The molecule has 0 aromatic heterocycles. The lowest BCUT2D eigenvalue weighted by Gasteiger charge is -2.33. The number of hydrogen-bond donors (Lipinski definition) is 1. The summed E-state index contributed by atoms with van der Waals surface area (Å²) in [5.74, 6) is 0.793. The van der Waals surface area contributed by atoms with Gasteiger partial charge in [-0.15, -0.1) is 12.4 Å². The SMILES string of the molecule is CC(C)C(=O)N1c2ccccc2[C@@H]2CNCC[C@H]21.Cl. The number of rotatable bonds is 1. The molecule has 2 atom stereocenters. The predicted octanol–water partition coefficient (Wildman–Crippen LogP) is 2.56. The van der Waals surface area contributed by atoms with Gasteiger partial charge < -0.3 is 10.2 Å². The van der Waals surface area contributed by atoms with Crippen molar-refractivity contribution < 1.29 is 4.79 Å². The molecule has 3 nitrogen and oxygen atoms in total. The summed E-state index contributed by atoms with van der Waals surface area (Å²) in [6.07, 6.45) is 1.05. The zero-order valence-corrected chi connectivity index (χ0v) is 12.2. The molecule has 2 aliphatic rings. The van der Waals surface area contributed by atoms with Gasteiger partial charge in [-0.2, -0.15) is 0 Å². The van der Waals surface area contributed by atoms with Gasteiger partial charge in [0.1, 0.15) is 0 Å². The van der Waals surface area contributed by atoms with Crippen molar-refractivity contribution in [1.29, 1.82) is 0 Å². The fourth-order valence-corrected chi connectivity index (χ4v) is 3.23. The number of anilines is 1. The van der Waals surface area contributed by atoms with E-state index in [2.05, 4.69) is 28.4 Å². The van der Waals surface area contributed by atoms with E-state index in [1.165, 1.54) is 5.56 Å². The molecule has 0 radical (unpaired) electrons. The molecule has 0 bridgehead atoms. The summed E-state index contributed by atoms with van der Waals surface area (Å²) in [5, 5.41) is 3.45. The number of carbonyl (C=O) groups is 1. The summed E-state index contributed by atoms with van der Waals surface area (Å²) >= 11 is 0. The molecule has 1 saturated heterocycles. The third-order valence-corrected chi connectivity index (χ3v) is 4.10. The normalized spacial score (nSPS) is 24.7. The maximum atomic E-state index is 12.5. The molecule has 2 heterocycles. The maximum Gasteiger partial charge on any atom is 0.229 e. The van der Waals surface area contributed by atoms with E-state index >= 15 is 0 Å². The van der Waals surface area contributed by atoms with Crippen molar-refractivity contribution >= 4 is 24.0 Å². The number of halogens is 1. The van der Waals surface area contributed by atoms with Crippen LogP contribution in [0, 0.1) is 5.92 Å². The van der Waals surface area contributed by atoms with E-state index in [1.54, 1.807) is 0 Å². The van der Waals surface area contributed by atoms with Gasteiger partial charge in [-0.1, -0.05) is 32.0 Å². The Morgan fingerprint density at radius 2 is 2.11 bits per heavy atom. The van der Waals surface area contributed by atoms with E-state index in [1.807, 2.05) is 19.9 Å². The van der Waals surface area contributed by atoms with Crippen molar-refractivity contribution in [3.8, 4) is 0 Å². The lowest BCUT2D eigenvalue weighted by atomic mass is 9.90. The number of amides is 1. The highest BCUT2D eigenvalue weighted by Crippen LogP contribution is 2.43. The Kier molecular flexibility index (Phi) is 4.16. The standard InChI is InChI=1S/C15H20N2O.ClH/c1-10(2)15(18)17-13-6-4-3-5-11(13)12-9-16-8-7-14(12)17;/h3-6,10,12,14,16H,7-9H2,1-2H3;1H/t12-,14+;/m0./s1. The largest absolute Gasteiger partial charge is 0.316 e. The summed E-state index contributed by atoms with van der Waals surface area (Å²) in [5.41, 5.74) is 2.47. The van der Waals surface area contributed by atoms with Gasteiger partial charge in [-0.25, -0.2) is 0 Å². The topological polar surface area (TPSA) is 32.3 Å². The molecule has 0 saturated carbocycles. The van der Waals surface area contributed by atoms with Gasteiger partial charge in [0.05, 0.1) is 0 Å². The van der Waals surface area contributed by atoms with Crippen LogP contribution >= 0.6 is 12.4 Å². The van der Waals surface area contributed by atoms with Crippen molar-refractivity contribution in [2.45, 2.75) is 32.2 Å². The summed E-state index contributed by atoms with van der Waals surface area (Å²) in [7, 11) is 0. The molecule has 1 fully saturated rings. The Labute approximate surface area is 120 Å². The second-order valence-electron chi connectivity index (χ2n) is 5.59. The van der Waals surface area contributed by atoms with Crippen LogP contribution in [0.15, 0.2) is 24.3 Å². The minimum atomic E-state index is 0. The molecule has 0 aliphatic carbocycles. The van der Waals surface area contributed by atoms with E-state index in [9.17, 15) is 4.79 Å². The Morgan fingerprint density at radius 1 is 1.37 bits per heavy atom. The monoisotopic (exact) mass is 280 g/mol. The van der Waals surface area contributed by atoms with Crippen LogP contribution in [0.2, 0.25) is 0 Å². The number of para-hydroxylation sites is 1. The first kappa shape index (κ1) is 14.4. The molecule has 1 aromatic rings. The number of hydrogen-bond acceptors (Lipinski definition) is 2.